The normalized spacial score (nSPS) is 10.3. The summed E-state index contributed by atoms with van der Waals surface area (Å²) in [6.07, 6.45) is 1.50. The first-order chi connectivity index (χ1) is 8.99. The molecule has 0 fully saturated rings. The Morgan fingerprint density at radius 1 is 1.21 bits per heavy atom. The predicted octanol–water partition coefficient (Wildman–Crippen LogP) is 5.06. The highest BCUT2D eigenvalue weighted by Gasteiger charge is 2.15. The third-order valence-electron chi connectivity index (χ3n) is 2.25. The fraction of sp³-hybridized carbons (Fsp3) is 0. The third-order valence-corrected chi connectivity index (χ3v) is 3.62. The molecule has 1 aromatic heterocycles. The lowest BCUT2D eigenvalue weighted by molar-refractivity contribution is 0.102. The number of carbonyl (C=O) groups excluding carboxylic acids is 1. The molecule has 0 spiro atoms. The van der Waals surface area contributed by atoms with Gasteiger partial charge in [0.15, 0.2) is 0 Å². The Kier molecular flexibility index (Phi) is 4.68. The molecule has 19 heavy (non-hydrogen) atoms. The molecule has 0 atom stereocenters. The van der Waals surface area contributed by atoms with E-state index in [2.05, 4.69) is 26.2 Å². The highest BCUT2D eigenvalue weighted by Crippen LogP contribution is 2.30. The van der Waals surface area contributed by atoms with Gasteiger partial charge in [-0.15, -0.1) is 0 Å². The van der Waals surface area contributed by atoms with Crippen LogP contribution in [0.25, 0.3) is 0 Å². The number of amides is 1. The number of halogens is 4. The zero-order valence-electron chi connectivity index (χ0n) is 9.25. The molecule has 0 radical (unpaired) electrons. The van der Waals surface area contributed by atoms with Gasteiger partial charge in [-0.05, 0) is 34.1 Å². The van der Waals surface area contributed by atoms with Crippen LogP contribution in [0.2, 0.25) is 15.2 Å². The van der Waals surface area contributed by atoms with Crippen LogP contribution < -0.4 is 5.32 Å². The summed E-state index contributed by atoms with van der Waals surface area (Å²) in [4.78, 5) is 16.0. The molecular weight excluding hydrogens is 374 g/mol. The Hall–Kier alpha value is -0.810. The van der Waals surface area contributed by atoms with E-state index in [4.69, 9.17) is 34.8 Å². The second-order valence-electron chi connectivity index (χ2n) is 3.54. The molecular formula is C12H6BrCl3N2O. The van der Waals surface area contributed by atoms with E-state index in [0.29, 0.717) is 20.2 Å². The summed E-state index contributed by atoms with van der Waals surface area (Å²) < 4.78 is 0.646. The molecule has 98 valence electrons. The summed E-state index contributed by atoms with van der Waals surface area (Å²) >= 11 is 21.1. The van der Waals surface area contributed by atoms with Crippen molar-refractivity contribution in [1.82, 2.24) is 4.98 Å². The quantitative estimate of drug-likeness (QED) is 0.740. The number of hydrogen-bond acceptors (Lipinski definition) is 2. The van der Waals surface area contributed by atoms with E-state index in [9.17, 15) is 4.79 Å². The molecule has 1 heterocycles. The van der Waals surface area contributed by atoms with Crippen molar-refractivity contribution >= 4 is 62.3 Å². The minimum atomic E-state index is -0.436. The van der Waals surface area contributed by atoms with E-state index >= 15 is 0 Å². The second-order valence-corrected chi connectivity index (χ2v) is 5.63. The van der Waals surface area contributed by atoms with Gasteiger partial charge in [-0.25, -0.2) is 4.98 Å². The number of rotatable bonds is 2. The van der Waals surface area contributed by atoms with E-state index < -0.39 is 5.91 Å². The maximum absolute atomic E-state index is 12.1. The zero-order chi connectivity index (χ0) is 14.0. The Labute approximate surface area is 133 Å². The number of carbonyl (C=O) groups is 1. The van der Waals surface area contributed by atoms with Crippen LogP contribution >= 0.6 is 50.7 Å². The molecule has 3 nitrogen and oxygen atoms in total. The van der Waals surface area contributed by atoms with E-state index in [-0.39, 0.29) is 10.7 Å². The first-order valence-corrected chi connectivity index (χ1v) is 6.98. The molecule has 1 N–H and O–H groups in total. The highest BCUT2D eigenvalue weighted by molar-refractivity contribution is 9.10. The number of hydrogen-bond donors (Lipinski definition) is 1. The highest BCUT2D eigenvalue weighted by atomic mass is 79.9. The number of benzene rings is 1. The van der Waals surface area contributed by atoms with Gasteiger partial charge in [0.05, 0.1) is 21.3 Å². The third kappa shape index (κ3) is 3.39. The summed E-state index contributed by atoms with van der Waals surface area (Å²) in [6.45, 7) is 0. The minimum Gasteiger partial charge on any atom is -0.319 e. The summed E-state index contributed by atoms with van der Waals surface area (Å²) in [6, 6.07) is 6.51. The maximum atomic E-state index is 12.1. The standard InChI is InChI=1S/C12H6BrCl3N2O/c13-6-4-7(11(16)17-5-6)12(19)18-10-8(14)2-1-3-9(10)15/h1-5H,(H,18,19). The van der Waals surface area contributed by atoms with Crippen molar-refractivity contribution in [3.05, 3.63) is 55.7 Å². The van der Waals surface area contributed by atoms with Crippen LogP contribution in [-0.4, -0.2) is 10.9 Å². The molecule has 0 saturated carbocycles. The number of aromatic nitrogens is 1. The Morgan fingerprint density at radius 2 is 1.84 bits per heavy atom. The topological polar surface area (TPSA) is 42.0 Å². The summed E-state index contributed by atoms with van der Waals surface area (Å²) in [5.74, 6) is -0.436. The van der Waals surface area contributed by atoms with Crippen LogP contribution in [-0.2, 0) is 0 Å². The maximum Gasteiger partial charge on any atom is 0.258 e. The van der Waals surface area contributed by atoms with Crippen LogP contribution in [0.5, 0.6) is 0 Å². The summed E-state index contributed by atoms with van der Waals surface area (Å²) in [5, 5.41) is 3.41. The molecule has 0 aliphatic carbocycles. The Bertz CT molecular complexity index is 629. The van der Waals surface area contributed by atoms with Gasteiger partial charge in [0.1, 0.15) is 5.15 Å². The van der Waals surface area contributed by atoms with E-state index in [0.717, 1.165) is 0 Å². The minimum absolute atomic E-state index is 0.101. The van der Waals surface area contributed by atoms with E-state index in [1.807, 2.05) is 0 Å². The second kappa shape index (κ2) is 6.09. The lowest BCUT2D eigenvalue weighted by Gasteiger charge is -2.09. The van der Waals surface area contributed by atoms with Crippen LogP contribution in [0.4, 0.5) is 5.69 Å². The Balaban J connectivity index is 2.34. The van der Waals surface area contributed by atoms with Gasteiger partial charge in [0.25, 0.3) is 5.91 Å². The average molecular weight is 380 g/mol. The largest absolute Gasteiger partial charge is 0.319 e. The van der Waals surface area contributed by atoms with Crippen LogP contribution in [0.1, 0.15) is 10.4 Å². The average Bonchev–Trinajstić information content (AvgIpc) is 2.37. The lowest BCUT2D eigenvalue weighted by atomic mass is 10.2. The van der Waals surface area contributed by atoms with Crippen LogP contribution in [0, 0.1) is 0 Å². The molecule has 0 bridgehead atoms. The van der Waals surface area contributed by atoms with Gasteiger partial charge in [-0.2, -0.15) is 0 Å². The predicted molar refractivity (Wildman–Crippen MR) is 81.4 cm³/mol. The lowest BCUT2D eigenvalue weighted by Crippen LogP contribution is -2.13. The van der Waals surface area contributed by atoms with Crippen molar-refractivity contribution in [3.63, 3.8) is 0 Å². The zero-order valence-corrected chi connectivity index (χ0v) is 13.1. The van der Waals surface area contributed by atoms with E-state index in [1.165, 1.54) is 6.20 Å². The fourth-order valence-electron chi connectivity index (χ4n) is 1.38. The summed E-state index contributed by atoms with van der Waals surface area (Å²) in [7, 11) is 0. The van der Waals surface area contributed by atoms with Crippen molar-refractivity contribution in [2.75, 3.05) is 5.32 Å². The fourth-order valence-corrected chi connectivity index (χ4v) is 2.39. The van der Waals surface area contributed by atoms with Crippen LogP contribution in [0.3, 0.4) is 0 Å². The number of nitrogens with zero attached hydrogens (tertiary/aromatic N) is 1. The molecule has 2 aromatic rings. The van der Waals surface area contributed by atoms with Gasteiger partial charge in [0.2, 0.25) is 0 Å². The molecule has 2 rings (SSSR count). The Morgan fingerprint density at radius 3 is 2.47 bits per heavy atom. The first kappa shape index (κ1) is 14.6. The molecule has 0 aliphatic rings. The van der Waals surface area contributed by atoms with Gasteiger partial charge >= 0.3 is 0 Å². The van der Waals surface area contributed by atoms with Gasteiger partial charge in [-0.1, -0.05) is 40.9 Å². The van der Waals surface area contributed by atoms with Gasteiger partial charge in [-0.3, -0.25) is 4.79 Å². The molecule has 0 saturated heterocycles. The SMILES string of the molecule is O=C(Nc1c(Cl)cccc1Cl)c1cc(Br)cnc1Cl. The van der Waals surface area contributed by atoms with Crippen molar-refractivity contribution in [2.24, 2.45) is 0 Å². The van der Waals surface area contributed by atoms with Gasteiger partial charge in [0, 0.05) is 10.7 Å². The van der Waals surface area contributed by atoms with Crippen molar-refractivity contribution in [3.8, 4) is 0 Å². The first-order valence-electron chi connectivity index (χ1n) is 5.05. The molecule has 0 aliphatic heterocycles. The van der Waals surface area contributed by atoms with Crippen LogP contribution in [0.15, 0.2) is 34.9 Å². The molecule has 7 heteroatoms. The summed E-state index contributed by atoms with van der Waals surface area (Å²) in [5.41, 5.74) is 0.568. The number of pyridine rings is 1. The van der Waals surface area contributed by atoms with Crippen molar-refractivity contribution in [2.45, 2.75) is 0 Å². The van der Waals surface area contributed by atoms with Gasteiger partial charge < -0.3 is 5.32 Å². The smallest absolute Gasteiger partial charge is 0.258 e. The van der Waals surface area contributed by atoms with Crippen molar-refractivity contribution in [1.29, 1.82) is 0 Å². The number of nitrogens with one attached hydrogen (secondary N) is 1. The monoisotopic (exact) mass is 378 g/mol. The molecule has 0 unspecified atom stereocenters. The molecule has 1 aromatic carbocycles. The number of anilines is 1. The number of para-hydroxylation sites is 1. The van der Waals surface area contributed by atoms with Crippen molar-refractivity contribution < 1.29 is 4.79 Å². The molecule has 1 amide bonds. The van der Waals surface area contributed by atoms with E-state index in [1.54, 1.807) is 24.3 Å².